The minimum absolute atomic E-state index is 0.829. The Bertz CT molecular complexity index is 341. The Morgan fingerprint density at radius 1 is 1.29 bits per heavy atom. The second-order valence-corrected chi connectivity index (χ2v) is 6.26. The van der Waals surface area contributed by atoms with Crippen LogP contribution in [-0.2, 0) is 0 Å². The molecular formula is C12H21N3S2. The molecule has 2 unspecified atom stereocenters. The lowest BCUT2D eigenvalue weighted by atomic mass is 9.86. The minimum Gasteiger partial charge on any atom is -0.346 e. The molecule has 0 saturated carbocycles. The molecule has 2 heterocycles. The van der Waals surface area contributed by atoms with Gasteiger partial charge in [0.05, 0.1) is 0 Å². The highest BCUT2D eigenvalue weighted by molar-refractivity contribution is 7.98. The molecule has 0 aliphatic carbocycles. The first-order valence-corrected chi connectivity index (χ1v) is 8.39. The lowest BCUT2D eigenvalue weighted by Crippen LogP contribution is -2.40. The van der Waals surface area contributed by atoms with Gasteiger partial charge < -0.3 is 4.90 Å². The highest BCUT2D eigenvalue weighted by Crippen LogP contribution is 2.31. The average Bonchev–Trinajstić information content (AvgIpc) is 2.86. The summed E-state index contributed by atoms with van der Waals surface area (Å²) in [6.45, 7) is 6.93. The number of piperidine rings is 1. The fourth-order valence-electron chi connectivity index (χ4n) is 2.48. The van der Waals surface area contributed by atoms with Gasteiger partial charge in [0, 0.05) is 24.6 Å². The fraction of sp³-hybridized carbons (Fsp3) is 0.833. The number of anilines is 1. The van der Waals surface area contributed by atoms with E-state index in [2.05, 4.69) is 28.1 Å². The van der Waals surface area contributed by atoms with E-state index >= 15 is 0 Å². The second-order valence-electron chi connectivity index (χ2n) is 4.75. The third kappa shape index (κ3) is 3.13. The first-order valence-electron chi connectivity index (χ1n) is 6.39. The monoisotopic (exact) mass is 271 g/mol. The third-order valence-electron chi connectivity index (χ3n) is 3.63. The molecule has 0 radical (unpaired) electrons. The van der Waals surface area contributed by atoms with Crippen LogP contribution in [-0.4, -0.2) is 28.7 Å². The summed E-state index contributed by atoms with van der Waals surface area (Å²) in [6, 6.07) is 0. The first kappa shape index (κ1) is 13.1. The molecule has 5 heteroatoms. The molecule has 0 spiro atoms. The number of hydrogen-bond donors (Lipinski definition) is 0. The van der Waals surface area contributed by atoms with Gasteiger partial charge in [0.2, 0.25) is 10.3 Å². The van der Waals surface area contributed by atoms with E-state index in [1.165, 1.54) is 19.3 Å². The van der Waals surface area contributed by atoms with Crippen LogP contribution < -0.4 is 4.90 Å². The van der Waals surface area contributed by atoms with Crippen molar-refractivity contribution in [3.63, 3.8) is 0 Å². The first-order chi connectivity index (χ1) is 8.26. The summed E-state index contributed by atoms with van der Waals surface area (Å²) in [5.41, 5.74) is 0. The Labute approximate surface area is 112 Å². The summed E-state index contributed by atoms with van der Waals surface area (Å²) in [5, 5.41) is 2.03. The molecule has 0 aromatic carbocycles. The molecule has 2 rings (SSSR count). The standard InChI is InChI=1S/C12H21N3S2/c1-4-9-6-10(5-2)8-15(7-9)12-13-11(16-3)14-17-12/h9-10H,4-8H2,1-3H3. The largest absolute Gasteiger partial charge is 0.346 e. The summed E-state index contributed by atoms with van der Waals surface area (Å²) in [4.78, 5) is 7.03. The molecule has 0 amide bonds. The highest BCUT2D eigenvalue weighted by atomic mass is 32.2. The van der Waals surface area contributed by atoms with E-state index < -0.39 is 0 Å². The van der Waals surface area contributed by atoms with Gasteiger partial charge in [-0.05, 0) is 24.5 Å². The Balaban J connectivity index is 2.08. The highest BCUT2D eigenvalue weighted by Gasteiger charge is 2.27. The minimum atomic E-state index is 0.829. The maximum Gasteiger partial charge on any atom is 0.205 e. The molecule has 0 N–H and O–H groups in total. The Morgan fingerprint density at radius 2 is 1.94 bits per heavy atom. The molecule has 0 bridgehead atoms. The number of thioether (sulfide) groups is 1. The molecule has 3 nitrogen and oxygen atoms in total. The van der Waals surface area contributed by atoms with Gasteiger partial charge in [-0.3, -0.25) is 0 Å². The van der Waals surface area contributed by atoms with E-state index in [-0.39, 0.29) is 0 Å². The Hall–Kier alpha value is -0.290. The van der Waals surface area contributed by atoms with Crippen LogP contribution in [0.2, 0.25) is 0 Å². The molecule has 1 aromatic rings. The third-order valence-corrected chi connectivity index (χ3v) is 5.07. The Kier molecular flexibility index (Phi) is 4.68. The van der Waals surface area contributed by atoms with Crippen LogP contribution >= 0.6 is 23.3 Å². The summed E-state index contributed by atoms with van der Waals surface area (Å²) in [5.74, 6) is 1.66. The van der Waals surface area contributed by atoms with Gasteiger partial charge >= 0.3 is 0 Å². The number of hydrogen-bond acceptors (Lipinski definition) is 5. The summed E-state index contributed by atoms with van der Waals surface area (Å²) >= 11 is 3.18. The zero-order valence-electron chi connectivity index (χ0n) is 10.8. The maximum absolute atomic E-state index is 4.59. The number of nitrogens with zero attached hydrogens (tertiary/aromatic N) is 3. The summed E-state index contributed by atoms with van der Waals surface area (Å²) < 4.78 is 4.36. The van der Waals surface area contributed by atoms with Crippen molar-refractivity contribution in [3.05, 3.63) is 0 Å². The van der Waals surface area contributed by atoms with Crippen molar-refractivity contribution >= 4 is 28.4 Å². The van der Waals surface area contributed by atoms with Crippen molar-refractivity contribution in [3.8, 4) is 0 Å². The lowest BCUT2D eigenvalue weighted by Gasteiger charge is -2.36. The molecule has 1 fully saturated rings. The number of aromatic nitrogens is 2. The topological polar surface area (TPSA) is 29.0 Å². The maximum atomic E-state index is 4.59. The molecular weight excluding hydrogens is 250 g/mol. The quantitative estimate of drug-likeness (QED) is 0.784. The molecule has 1 saturated heterocycles. The van der Waals surface area contributed by atoms with Crippen LogP contribution in [0, 0.1) is 11.8 Å². The van der Waals surface area contributed by atoms with Crippen molar-refractivity contribution in [1.29, 1.82) is 0 Å². The average molecular weight is 271 g/mol. The zero-order valence-corrected chi connectivity index (χ0v) is 12.5. The normalized spacial score (nSPS) is 25.2. The van der Waals surface area contributed by atoms with Gasteiger partial charge in [0.1, 0.15) is 0 Å². The van der Waals surface area contributed by atoms with Gasteiger partial charge in [-0.25, -0.2) is 0 Å². The van der Waals surface area contributed by atoms with Crippen LogP contribution in [0.15, 0.2) is 5.16 Å². The molecule has 1 aliphatic heterocycles. The van der Waals surface area contributed by atoms with E-state index in [0.29, 0.717) is 0 Å². The smallest absolute Gasteiger partial charge is 0.205 e. The van der Waals surface area contributed by atoms with Gasteiger partial charge in [-0.15, -0.1) is 0 Å². The SMILES string of the molecule is CCC1CC(CC)CN(c2nc(SC)ns2)C1. The van der Waals surface area contributed by atoms with Crippen LogP contribution in [0.1, 0.15) is 33.1 Å². The molecule has 1 aromatic heterocycles. The van der Waals surface area contributed by atoms with E-state index in [0.717, 1.165) is 35.2 Å². The lowest BCUT2D eigenvalue weighted by molar-refractivity contribution is 0.304. The summed E-state index contributed by atoms with van der Waals surface area (Å²) in [7, 11) is 0. The molecule has 96 valence electrons. The van der Waals surface area contributed by atoms with E-state index in [4.69, 9.17) is 0 Å². The van der Waals surface area contributed by atoms with Gasteiger partial charge in [0.15, 0.2) is 0 Å². The number of rotatable bonds is 4. The van der Waals surface area contributed by atoms with Crippen molar-refractivity contribution < 1.29 is 0 Å². The molecule has 2 atom stereocenters. The van der Waals surface area contributed by atoms with Crippen LogP contribution in [0.3, 0.4) is 0 Å². The van der Waals surface area contributed by atoms with Gasteiger partial charge in [-0.1, -0.05) is 38.5 Å². The second kappa shape index (κ2) is 6.05. The molecule has 1 aliphatic rings. The van der Waals surface area contributed by atoms with Crippen molar-refractivity contribution in [2.45, 2.75) is 38.3 Å². The van der Waals surface area contributed by atoms with E-state index in [1.54, 1.807) is 23.3 Å². The van der Waals surface area contributed by atoms with Gasteiger partial charge in [0.25, 0.3) is 0 Å². The van der Waals surface area contributed by atoms with Crippen LogP contribution in [0.25, 0.3) is 0 Å². The van der Waals surface area contributed by atoms with E-state index in [1.807, 2.05) is 6.26 Å². The van der Waals surface area contributed by atoms with Crippen molar-refractivity contribution in [1.82, 2.24) is 9.36 Å². The van der Waals surface area contributed by atoms with E-state index in [9.17, 15) is 0 Å². The zero-order chi connectivity index (χ0) is 12.3. The molecule has 17 heavy (non-hydrogen) atoms. The Morgan fingerprint density at radius 3 is 2.41 bits per heavy atom. The van der Waals surface area contributed by atoms with Crippen molar-refractivity contribution in [2.75, 3.05) is 24.2 Å². The predicted octanol–water partition coefficient (Wildman–Crippen LogP) is 3.52. The van der Waals surface area contributed by atoms with Crippen LogP contribution in [0.5, 0.6) is 0 Å². The summed E-state index contributed by atoms with van der Waals surface area (Å²) in [6.07, 6.45) is 5.98. The van der Waals surface area contributed by atoms with Crippen molar-refractivity contribution in [2.24, 2.45) is 11.8 Å². The van der Waals surface area contributed by atoms with Gasteiger partial charge in [-0.2, -0.15) is 9.36 Å². The van der Waals surface area contributed by atoms with Crippen LogP contribution in [0.4, 0.5) is 5.13 Å². The fourth-order valence-corrected chi connectivity index (χ4v) is 3.72. The predicted molar refractivity (Wildman–Crippen MR) is 76.1 cm³/mol.